The molecule has 2 heteroatoms. The number of methoxy groups -OCH3 is 1. The second kappa shape index (κ2) is 4.15. The minimum Gasteiger partial charge on any atom is -0.469 e. The SMILES string of the molecule is COC(=O)[C@H]1[C@H](C)CCCC12CCCC2. The van der Waals surface area contributed by atoms with Crippen LogP contribution in [0.1, 0.15) is 51.9 Å². The number of rotatable bonds is 1. The van der Waals surface area contributed by atoms with Gasteiger partial charge in [-0.2, -0.15) is 0 Å². The Morgan fingerprint density at radius 2 is 1.80 bits per heavy atom. The molecule has 2 rings (SSSR count). The largest absolute Gasteiger partial charge is 0.469 e. The average Bonchev–Trinajstić information content (AvgIpc) is 2.66. The zero-order valence-corrected chi connectivity index (χ0v) is 9.92. The van der Waals surface area contributed by atoms with Crippen LogP contribution < -0.4 is 0 Å². The van der Waals surface area contributed by atoms with E-state index in [0.29, 0.717) is 11.3 Å². The quantitative estimate of drug-likeness (QED) is 0.621. The van der Waals surface area contributed by atoms with Gasteiger partial charge in [0.25, 0.3) is 0 Å². The molecule has 0 N–H and O–H groups in total. The van der Waals surface area contributed by atoms with Crippen molar-refractivity contribution in [3.8, 4) is 0 Å². The Hall–Kier alpha value is -0.530. The van der Waals surface area contributed by atoms with Gasteiger partial charge in [0.05, 0.1) is 13.0 Å². The molecule has 0 aromatic carbocycles. The summed E-state index contributed by atoms with van der Waals surface area (Å²) in [6.45, 7) is 2.22. The molecule has 0 heterocycles. The minimum atomic E-state index is 0.0455. The summed E-state index contributed by atoms with van der Waals surface area (Å²) in [6.07, 6.45) is 8.85. The van der Waals surface area contributed by atoms with Gasteiger partial charge >= 0.3 is 5.97 Å². The van der Waals surface area contributed by atoms with Gasteiger partial charge in [0.1, 0.15) is 0 Å². The molecule has 2 aliphatic carbocycles. The van der Waals surface area contributed by atoms with Crippen LogP contribution in [0.15, 0.2) is 0 Å². The zero-order chi connectivity index (χ0) is 10.9. The summed E-state index contributed by atoms with van der Waals surface area (Å²) in [7, 11) is 1.53. The summed E-state index contributed by atoms with van der Waals surface area (Å²) in [6, 6.07) is 0. The predicted octanol–water partition coefficient (Wildman–Crippen LogP) is 3.16. The Morgan fingerprint density at radius 3 is 2.40 bits per heavy atom. The molecule has 0 saturated heterocycles. The lowest BCUT2D eigenvalue weighted by atomic mass is 9.61. The fourth-order valence-electron chi connectivity index (χ4n) is 3.95. The maximum absolute atomic E-state index is 11.9. The molecule has 0 bridgehead atoms. The molecule has 0 radical (unpaired) electrons. The van der Waals surface area contributed by atoms with Crippen molar-refractivity contribution in [1.82, 2.24) is 0 Å². The summed E-state index contributed by atoms with van der Waals surface area (Å²) < 4.78 is 5.01. The van der Waals surface area contributed by atoms with Crippen molar-refractivity contribution in [2.45, 2.75) is 51.9 Å². The van der Waals surface area contributed by atoms with E-state index in [4.69, 9.17) is 4.74 Å². The van der Waals surface area contributed by atoms with Crippen LogP contribution in [-0.2, 0) is 9.53 Å². The second-order valence-corrected chi connectivity index (χ2v) is 5.44. The second-order valence-electron chi connectivity index (χ2n) is 5.44. The lowest BCUT2D eigenvalue weighted by Crippen LogP contribution is -2.42. The van der Waals surface area contributed by atoms with E-state index < -0.39 is 0 Å². The van der Waals surface area contributed by atoms with Gasteiger partial charge in [-0.25, -0.2) is 0 Å². The fourth-order valence-corrected chi connectivity index (χ4v) is 3.95. The molecule has 0 aromatic heterocycles. The average molecular weight is 210 g/mol. The van der Waals surface area contributed by atoms with E-state index in [1.54, 1.807) is 0 Å². The normalized spacial score (nSPS) is 34.3. The number of carbonyl (C=O) groups is 1. The smallest absolute Gasteiger partial charge is 0.309 e. The maximum Gasteiger partial charge on any atom is 0.309 e. The van der Waals surface area contributed by atoms with E-state index in [9.17, 15) is 4.79 Å². The molecule has 0 aliphatic heterocycles. The van der Waals surface area contributed by atoms with E-state index >= 15 is 0 Å². The molecule has 86 valence electrons. The molecule has 2 aliphatic rings. The topological polar surface area (TPSA) is 26.3 Å². The maximum atomic E-state index is 11.9. The van der Waals surface area contributed by atoms with Crippen molar-refractivity contribution in [2.24, 2.45) is 17.3 Å². The Labute approximate surface area is 92.4 Å². The Kier molecular flexibility index (Phi) is 3.03. The highest BCUT2D eigenvalue weighted by Gasteiger charge is 2.49. The molecule has 0 unspecified atom stereocenters. The molecule has 2 nitrogen and oxygen atoms in total. The van der Waals surface area contributed by atoms with Crippen molar-refractivity contribution in [1.29, 1.82) is 0 Å². The Bertz CT molecular complexity index is 241. The minimum absolute atomic E-state index is 0.0455. The fraction of sp³-hybridized carbons (Fsp3) is 0.923. The number of ether oxygens (including phenoxy) is 1. The summed E-state index contributed by atoms with van der Waals surface area (Å²) in [5.74, 6) is 0.743. The molecule has 0 aromatic rings. The molecular weight excluding hydrogens is 188 g/mol. The van der Waals surface area contributed by atoms with Crippen LogP contribution >= 0.6 is 0 Å². The zero-order valence-electron chi connectivity index (χ0n) is 9.92. The van der Waals surface area contributed by atoms with Gasteiger partial charge < -0.3 is 4.74 Å². The van der Waals surface area contributed by atoms with Crippen molar-refractivity contribution in [3.05, 3.63) is 0 Å². The van der Waals surface area contributed by atoms with Crippen LogP contribution in [0.4, 0.5) is 0 Å². The van der Waals surface area contributed by atoms with Crippen LogP contribution in [0.3, 0.4) is 0 Å². The highest BCUT2D eigenvalue weighted by atomic mass is 16.5. The third-order valence-electron chi connectivity index (χ3n) is 4.62. The standard InChI is InChI=1S/C13H22O2/c1-10-6-5-9-13(7-3-4-8-13)11(10)12(14)15-2/h10-11H,3-9H2,1-2H3/t10-,11-/m1/s1. The Balaban J connectivity index is 2.22. The van der Waals surface area contributed by atoms with E-state index in [2.05, 4.69) is 6.92 Å². The molecule has 2 saturated carbocycles. The summed E-state index contributed by atoms with van der Waals surface area (Å²) >= 11 is 0. The van der Waals surface area contributed by atoms with Gasteiger partial charge in [-0.15, -0.1) is 0 Å². The lowest BCUT2D eigenvalue weighted by molar-refractivity contribution is -0.155. The molecule has 15 heavy (non-hydrogen) atoms. The van der Waals surface area contributed by atoms with Crippen LogP contribution in [-0.4, -0.2) is 13.1 Å². The molecule has 1 spiro atoms. The predicted molar refractivity (Wildman–Crippen MR) is 59.4 cm³/mol. The first-order valence-electron chi connectivity index (χ1n) is 6.27. The van der Waals surface area contributed by atoms with Gasteiger partial charge in [0, 0.05) is 0 Å². The van der Waals surface area contributed by atoms with Crippen LogP contribution in [0.5, 0.6) is 0 Å². The highest BCUT2D eigenvalue weighted by molar-refractivity contribution is 5.74. The summed E-state index contributed by atoms with van der Waals surface area (Å²) in [5.41, 5.74) is 0.310. The van der Waals surface area contributed by atoms with Crippen LogP contribution in [0.25, 0.3) is 0 Å². The third-order valence-corrected chi connectivity index (χ3v) is 4.62. The van der Waals surface area contributed by atoms with E-state index in [-0.39, 0.29) is 11.9 Å². The monoisotopic (exact) mass is 210 g/mol. The van der Waals surface area contributed by atoms with Gasteiger partial charge in [-0.1, -0.05) is 26.2 Å². The van der Waals surface area contributed by atoms with E-state index in [0.717, 1.165) is 0 Å². The number of hydrogen-bond donors (Lipinski definition) is 0. The van der Waals surface area contributed by atoms with Crippen LogP contribution in [0.2, 0.25) is 0 Å². The van der Waals surface area contributed by atoms with E-state index in [1.807, 2.05) is 0 Å². The van der Waals surface area contributed by atoms with Crippen molar-refractivity contribution < 1.29 is 9.53 Å². The molecule has 0 amide bonds. The highest BCUT2D eigenvalue weighted by Crippen LogP contribution is 2.54. The first-order chi connectivity index (χ1) is 7.19. The third kappa shape index (κ3) is 1.79. The molecule has 2 fully saturated rings. The van der Waals surface area contributed by atoms with Crippen molar-refractivity contribution >= 4 is 5.97 Å². The van der Waals surface area contributed by atoms with E-state index in [1.165, 1.54) is 52.1 Å². The van der Waals surface area contributed by atoms with Gasteiger partial charge in [-0.3, -0.25) is 4.79 Å². The van der Waals surface area contributed by atoms with Gasteiger partial charge in [0.15, 0.2) is 0 Å². The summed E-state index contributed by atoms with van der Waals surface area (Å²) in [5, 5.41) is 0. The first kappa shape index (κ1) is 11.0. The number of carbonyl (C=O) groups excluding carboxylic acids is 1. The summed E-state index contributed by atoms with van der Waals surface area (Å²) in [4.78, 5) is 11.9. The number of hydrogen-bond acceptors (Lipinski definition) is 2. The van der Waals surface area contributed by atoms with Gasteiger partial charge in [0.2, 0.25) is 0 Å². The van der Waals surface area contributed by atoms with Gasteiger partial charge in [-0.05, 0) is 37.0 Å². The van der Waals surface area contributed by atoms with Crippen molar-refractivity contribution in [2.75, 3.05) is 7.11 Å². The van der Waals surface area contributed by atoms with Crippen molar-refractivity contribution in [3.63, 3.8) is 0 Å². The first-order valence-corrected chi connectivity index (χ1v) is 6.27. The lowest BCUT2D eigenvalue weighted by Gasteiger charge is -2.43. The Morgan fingerprint density at radius 1 is 1.20 bits per heavy atom. The number of esters is 1. The van der Waals surface area contributed by atoms with Crippen LogP contribution in [0, 0.1) is 17.3 Å². The molecule has 2 atom stereocenters. The molecular formula is C13H22O2.